The summed E-state index contributed by atoms with van der Waals surface area (Å²) in [5.41, 5.74) is 3.78. The van der Waals surface area contributed by atoms with Gasteiger partial charge >= 0.3 is 0 Å². The molecule has 4 heteroatoms. The number of carbonyl (C=O) groups is 1. The van der Waals surface area contributed by atoms with Crippen molar-refractivity contribution in [1.29, 1.82) is 5.41 Å². The summed E-state index contributed by atoms with van der Waals surface area (Å²) in [6, 6.07) is 37.6. The highest BCUT2D eigenvalue weighted by atomic mass is 16.2. The number of nitrogens with zero attached hydrogens (tertiary/aromatic N) is 1. The Morgan fingerprint density at radius 1 is 0.656 bits per heavy atom. The number of carbonyl (C=O) groups excluding carboxylic acids is 1. The highest BCUT2D eigenvalue weighted by Gasteiger charge is 2.52. The molecule has 0 spiro atoms. The van der Waals surface area contributed by atoms with Crippen LogP contribution in [0, 0.1) is 5.41 Å². The van der Waals surface area contributed by atoms with E-state index in [1.807, 2.05) is 91.0 Å². The molecule has 2 N–H and O–H groups in total. The van der Waals surface area contributed by atoms with Crippen LogP contribution < -0.4 is 5.32 Å². The van der Waals surface area contributed by atoms with Crippen LogP contribution in [0.2, 0.25) is 0 Å². The van der Waals surface area contributed by atoms with Crippen molar-refractivity contribution in [2.24, 2.45) is 0 Å². The smallest absolute Gasteiger partial charge is 0.264 e. The van der Waals surface area contributed by atoms with E-state index >= 15 is 0 Å². The third-order valence-corrected chi connectivity index (χ3v) is 5.96. The van der Waals surface area contributed by atoms with E-state index in [1.54, 1.807) is 0 Å². The van der Waals surface area contributed by atoms with Crippen LogP contribution in [0.4, 0.5) is 0 Å². The second-order valence-electron chi connectivity index (χ2n) is 7.91. The van der Waals surface area contributed by atoms with Crippen LogP contribution in [0.15, 0.2) is 115 Å². The van der Waals surface area contributed by atoms with Gasteiger partial charge in [0.15, 0.2) is 11.5 Å². The number of rotatable bonds is 5. The minimum absolute atomic E-state index is 0.106. The van der Waals surface area contributed by atoms with Crippen LogP contribution in [0.1, 0.15) is 16.7 Å². The number of hydrogen-bond acceptors (Lipinski definition) is 2. The molecule has 156 valence electrons. The quantitative estimate of drug-likeness (QED) is 0.471. The lowest BCUT2D eigenvalue weighted by molar-refractivity contribution is -0.130. The Balaban J connectivity index is 1.47. The third-order valence-electron chi connectivity index (χ3n) is 5.96. The van der Waals surface area contributed by atoms with Crippen LogP contribution in [0.25, 0.3) is 11.1 Å². The molecule has 4 nitrogen and oxygen atoms in total. The molecule has 4 aromatic rings. The second-order valence-corrected chi connectivity index (χ2v) is 7.91. The van der Waals surface area contributed by atoms with E-state index < -0.39 is 5.54 Å². The lowest BCUT2D eigenvalue weighted by Gasteiger charge is -2.28. The van der Waals surface area contributed by atoms with Gasteiger partial charge in [0.2, 0.25) is 0 Å². The number of guanidine groups is 1. The Morgan fingerprint density at radius 3 is 1.66 bits per heavy atom. The van der Waals surface area contributed by atoms with Gasteiger partial charge in [-0.25, -0.2) is 0 Å². The molecule has 1 fully saturated rings. The largest absolute Gasteiger partial charge is 0.334 e. The summed E-state index contributed by atoms with van der Waals surface area (Å²) in [5.74, 6) is -0.0399. The SMILES string of the molecule is N=C1NC(c2ccccc2)(c2ccccc2)C(=O)N1Cc1ccc(-c2ccccc2)cc1. The number of amides is 1. The summed E-state index contributed by atoms with van der Waals surface area (Å²) in [5, 5.41) is 11.8. The Morgan fingerprint density at radius 2 is 1.12 bits per heavy atom. The monoisotopic (exact) mass is 417 g/mol. The molecule has 4 aromatic carbocycles. The first-order valence-electron chi connectivity index (χ1n) is 10.6. The summed E-state index contributed by atoms with van der Waals surface area (Å²) in [6.45, 7) is 0.334. The molecule has 1 aliphatic rings. The van der Waals surface area contributed by atoms with Gasteiger partial charge < -0.3 is 5.32 Å². The molecule has 0 saturated carbocycles. The Kier molecular flexibility index (Phi) is 5.04. The highest BCUT2D eigenvalue weighted by molar-refractivity contribution is 6.10. The number of hydrogen-bond donors (Lipinski definition) is 2. The molecule has 32 heavy (non-hydrogen) atoms. The maximum Gasteiger partial charge on any atom is 0.264 e. The lowest BCUT2D eigenvalue weighted by atomic mass is 9.82. The van der Waals surface area contributed by atoms with Crippen molar-refractivity contribution in [3.05, 3.63) is 132 Å². The van der Waals surface area contributed by atoms with E-state index in [2.05, 4.69) is 29.6 Å². The van der Waals surface area contributed by atoms with Crippen molar-refractivity contribution in [3.8, 4) is 11.1 Å². The minimum Gasteiger partial charge on any atom is -0.334 e. The van der Waals surface area contributed by atoms with Gasteiger partial charge in [-0.2, -0.15) is 0 Å². The molecular formula is C28H23N3O. The highest BCUT2D eigenvalue weighted by Crippen LogP contribution is 2.36. The average Bonchev–Trinajstić information content (AvgIpc) is 3.12. The zero-order valence-electron chi connectivity index (χ0n) is 17.5. The van der Waals surface area contributed by atoms with E-state index in [9.17, 15) is 4.79 Å². The van der Waals surface area contributed by atoms with E-state index in [0.717, 1.165) is 27.8 Å². The van der Waals surface area contributed by atoms with Crippen molar-refractivity contribution in [2.75, 3.05) is 0 Å². The molecule has 0 radical (unpaired) electrons. The standard InChI is InChI=1S/C28H23N3O/c29-27-30-28(24-12-6-2-7-13-24,25-14-8-3-9-15-25)26(32)31(27)20-21-16-18-23(19-17-21)22-10-4-1-5-11-22/h1-19H,20H2,(H2,29,30). The molecule has 1 saturated heterocycles. The fraction of sp³-hybridized carbons (Fsp3) is 0.0714. The molecular weight excluding hydrogens is 394 g/mol. The van der Waals surface area contributed by atoms with E-state index in [1.165, 1.54) is 4.90 Å². The number of nitrogens with one attached hydrogen (secondary N) is 2. The fourth-order valence-electron chi connectivity index (χ4n) is 4.30. The molecule has 0 aliphatic carbocycles. The zero-order valence-corrected chi connectivity index (χ0v) is 17.5. The van der Waals surface area contributed by atoms with Crippen LogP contribution in [-0.2, 0) is 16.9 Å². The Bertz CT molecular complexity index is 1200. The zero-order chi connectivity index (χ0) is 22.0. The molecule has 1 amide bonds. The van der Waals surface area contributed by atoms with Crippen LogP contribution in [0.3, 0.4) is 0 Å². The lowest BCUT2D eigenvalue weighted by Crippen LogP contribution is -2.45. The van der Waals surface area contributed by atoms with E-state index in [4.69, 9.17) is 5.41 Å². The van der Waals surface area contributed by atoms with Gasteiger partial charge in [-0.3, -0.25) is 15.1 Å². The molecule has 0 bridgehead atoms. The molecule has 0 unspecified atom stereocenters. The van der Waals surface area contributed by atoms with Crippen LogP contribution in [-0.4, -0.2) is 16.8 Å². The van der Waals surface area contributed by atoms with Crippen molar-refractivity contribution in [2.45, 2.75) is 12.1 Å². The van der Waals surface area contributed by atoms with Gasteiger partial charge in [0.05, 0.1) is 6.54 Å². The van der Waals surface area contributed by atoms with Gasteiger partial charge in [-0.05, 0) is 27.8 Å². The van der Waals surface area contributed by atoms with Gasteiger partial charge in [-0.15, -0.1) is 0 Å². The van der Waals surface area contributed by atoms with E-state index in [0.29, 0.717) is 6.54 Å². The topological polar surface area (TPSA) is 56.2 Å². The van der Waals surface area contributed by atoms with Crippen molar-refractivity contribution < 1.29 is 4.79 Å². The van der Waals surface area contributed by atoms with Gasteiger partial charge in [-0.1, -0.05) is 115 Å². The summed E-state index contributed by atoms with van der Waals surface area (Å²) in [4.78, 5) is 15.4. The van der Waals surface area contributed by atoms with Crippen molar-refractivity contribution >= 4 is 11.9 Å². The first-order valence-corrected chi connectivity index (χ1v) is 10.6. The van der Waals surface area contributed by atoms with Crippen LogP contribution in [0.5, 0.6) is 0 Å². The Labute approximate surface area is 187 Å². The maximum absolute atomic E-state index is 13.9. The summed E-state index contributed by atoms with van der Waals surface area (Å²) in [6.07, 6.45) is 0. The molecule has 0 aromatic heterocycles. The predicted octanol–water partition coefficient (Wildman–Crippen LogP) is 5.16. The predicted molar refractivity (Wildman–Crippen MR) is 127 cm³/mol. The summed E-state index contributed by atoms with van der Waals surface area (Å²) in [7, 11) is 0. The molecule has 0 atom stereocenters. The Hall–Kier alpha value is -4.18. The fourth-order valence-corrected chi connectivity index (χ4v) is 4.30. The van der Waals surface area contributed by atoms with Gasteiger partial charge in [0.25, 0.3) is 5.91 Å². The first-order chi connectivity index (χ1) is 15.7. The molecule has 1 aliphatic heterocycles. The maximum atomic E-state index is 13.9. The average molecular weight is 418 g/mol. The normalized spacial score (nSPS) is 14.9. The molecule has 5 rings (SSSR count). The summed E-state index contributed by atoms with van der Waals surface area (Å²) < 4.78 is 0. The first kappa shape index (κ1) is 19.8. The summed E-state index contributed by atoms with van der Waals surface area (Å²) >= 11 is 0. The minimum atomic E-state index is -1.11. The number of benzene rings is 4. The third kappa shape index (κ3) is 3.36. The van der Waals surface area contributed by atoms with Gasteiger partial charge in [0.1, 0.15) is 0 Å². The molecule has 1 heterocycles. The van der Waals surface area contributed by atoms with Crippen molar-refractivity contribution in [1.82, 2.24) is 10.2 Å². The second kappa shape index (κ2) is 8.16. The van der Waals surface area contributed by atoms with Crippen molar-refractivity contribution in [3.63, 3.8) is 0 Å². The van der Waals surface area contributed by atoms with Crippen LogP contribution >= 0.6 is 0 Å². The van der Waals surface area contributed by atoms with Gasteiger partial charge in [0, 0.05) is 0 Å². The van der Waals surface area contributed by atoms with E-state index in [-0.39, 0.29) is 11.9 Å².